The number of carbonyl (C=O) groups excluding carboxylic acids is 3. The number of piperazine rings is 1. The average Bonchev–Trinajstić information content (AvgIpc) is 3.71. The molecule has 0 saturated carbocycles. The number of rotatable bonds is 8. The van der Waals surface area contributed by atoms with Crippen LogP contribution in [-0.2, 0) is 15.0 Å². The smallest absolute Gasteiger partial charge is 0.267 e. The molecule has 0 spiro atoms. The Morgan fingerprint density at radius 1 is 1.14 bits per heavy atom. The predicted molar refractivity (Wildman–Crippen MR) is 164 cm³/mol. The van der Waals surface area contributed by atoms with Gasteiger partial charge in [0, 0.05) is 48.7 Å². The van der Waals surface area contributed by atoms with Crippen molar-refractivity contribution in [3.63, 3.8) is 0 Å². The summed E-state index contributed by atoms with van der Waals surface area (Å²) < 4.78 is 1.36. The van der Waals surface area contributed by atoms with Crippen LogP contribution in [0.5, 0.6) is 0 Å². The number of pyridine rings is 1. The average molecular weight is 621 g/mol. The Morgan fingerprint density at radius 3 is 2.57 bits per heavy atom. The number of amides is 3. The van der Waals surface area contributed by atoms with Crippen LogP contribution in [0, 0.1) is 0 Å². The normalized spacial score (nSPS) is 13.9. The first-order valence-electron chi connectivity index (χ1n) is 13.8. The second kappa shape index (κ2) is 12.7. The number of tetrazole rings is 1. The van der Waals surface area contributed by atoms with Gasteiger partial charge in [-0.1, -0.05) is 20.8 Å². The van der Waals surface area contributed by atoms with Gasteiger partial charge in [0.2, 0.25) is 11.8 Å². The maximum atomic E-state index is 13.7. The van der Waals surface area contributed by atoms with Gasteiger partial charge in [-0.3, -0.25) is 28.9 Å². The molecule has 17 heteroatoms. The molecule has 0 bridgehead atoms. The Balaban J connectivity index is 1.43. The van der Waals surface area contributed by atoms with Crippen LogP contribution in [0.25, 0.3) is 17.8 Å². The summed E-state index contributed by atoms with van der Waals surface area (Å²) in [6, 6.07) is 3.09. The van der Waals surface area contributed by atoms with Crippen LogP contribution in [0.15, 0.2) is 28.5 Å². The first kappa shape index (κ1) is 30.4. The highest BCUT2D eigenvalue weighted by Gasteiger charge is 2.25. The monoisotopic (exact) mass is 620 g/mol. The number of fused-ring (bicyclic) bond motifs is 1. The number of hydrogen-bond acceptors (Lipinski definition) is 12. The number of carbonyl (C=O) groups is 3. The Labute approximate surface area is 255 Å². The minimum atomic E-state index is -0.412. The van der Waals surface area contributed by atoms with E-state index in [2.05, 4.69) is 36.2 Å². The van der Waals surface area contributed by atoms with Crippen LogP contribution in [-0.4, -0.2) is 96.9 Å². The zero-order valence-corrected chi connectivity index (χ0v) is 25.2. The molecule has 4 aromatic rings. The van der Waals surface area contributed by atoms with Crippen molar-refractivity contribution < 1.29 is 14.4 Å². The second-order valence-corrected chi connectivity index (χ2v) is 11.9. The highest BCUT2D eigenvalue weighted by atomic mass is 32.1. The molecule has 0 unspecified atom stereocenters. The summed E-state index contributed by atoms with van der Waals surface area (Å²) in [5.74, 6) is -0.372. The number of anilines is 2. The van der Waals surface area contributed by atoms with Crippen molar-refractivity contribution in [2.75, 3.05) is 49.5 Å². The minimum absolute atomic E-state index is 0.145. The van der Waals surface area contributed by atoms with Crippen molar-refractivity contribution in [3.8, 4) is 0 Å². The molecule has 5 rings (SSSR count). The highest BCUT2D eigenvalue weighted by Crippen LogP contribution is 2.27. The number of H-pyrrole nitrogens is 1. The minimum Gasteiger partial charge on any atom is -0.352 e. The molecule has 5 N–H and O–H groups in total. The van der Waals surface area contributed by atoms with Crippen molar-refractivity contribution >= 4 is 57.8 Å². The molecule has 5 heterocycles. The molecular formula is C27H32N12O4S. The second-order valence-electron chi connectivity index (χ2n) is 11.0. The molecule has 1 saturated heterocycles. The fraction of sp³-hybridized carbons (Fsp3) is 0.370. The van der Waals surface area contributed by atoms with Gasteiger partial charge in [-0.2, -0.15) is 5.21 Å². The van der Waals surface area contributed by atoms with E-state index in [0.717, 1.165) is 5.69 Å². The Hall–Kier alpha value is -5.03. The zero-order valence-electron chi connectivity index (χ0n) is 24.4. The molecule has 1 aliphatic heterocycles. The zero-order chi connectivity index (χ0) is 31.4. The Bertz CT molecular complexity index is 1770. The van der Waals surface area contributed by atoms with Gasteiger partial charge in [0.15, 0.2) is 11.0 Å². The molecule has 0 aliphatic carbocycles. The SMILES string of the molecule is CC(C)(C)c1csc(NC(=O)c2ccn3c(=O)c(C=Cc4nn[nH]n4)c(N4CCN(C(=O)CNC(=O)CN)CC4)nc3c2)n1. The highest BCUT2D eigenvalue weighted by molar-refractivity contribution is 7.14. The van der Waals surface area contributed by atoms with Crippen LogP contribution in [0.3, 0.4) is 0 Å². The number of aromatic amines is 1. The standard InChI is InChI=1S/C27H32N12O4S/c1-27(2,3)18-15-44-26(30-18)32-24(42)16-6-7-39-20(12-16)31-23(17(25(39)43)4-5-19-33-35-36-34-19)38-10-8-37(9-11-38)22(41)14-29-21(40)13-28/h4-7,12,15H,8-11,13-14,28H2,1-3H3,(H,29,40)(H,30,32,42)(H,33,34,35,36). The maximum absolute atomic E-state index is 13.7. The maximum Gasteiger partial charge on any atom is 0.267 e. The van der Waals surface area contributed by atoms with Crippen molar-refractivity contribution in [3.05, 3.63) is 56.7 Å². The van der Waals surface area contributed by atoms with Crippen molar-refractivity contribution in [2.45, 2.75) is 26.2 Å². The molecule has 44 heavy (non-hydrogen) atoms. The molecule has 0 atom stereocenters. The lowest BCUT2D eigenvalue weighted by molar-refractivity contribution is -0.132. The molecule has 1 fully saturated rings. The van der Waals surface area contributed by atoms with E-state index in [-0.39, 0.29) is 52.9 Å². The quantitative estimate of drug-likeness (QED) is 0.208. The van der Waals surface area contributed by atoms with Gasteiger partial charge in [-0.25, -0.2) is 9.97 Å². The number of aromatic nitrogens is 7. The third-order valence-electron chi connectivity index (χ3n) is 6.92. The summed E-state index contributed by atoms with van der Waals surface area (Å²) in [4.78, 5) is 63.7. The summed E-state index contributed by atoms with van der Waals surface area (Å²) in [5.41, 5.74) is 6.50. The molecule has 3 amide bonds. The number of nitrogens with one attached hydrogen (secondary N) is 3. The van der Waals surface area contributed by atoms with Crippen molar-refractivity contribution in [1.82, 2.24) is 45.2 Å². The Morgan fingerprint density at radius 2 is 1.91 bits per heavy atom. The van der Waals surface area contributed by atoms with Gasteiger partial charge < -0.3 is 20.9 Å². The number of thiazole rings is 1. The fourth-order valence-electron chi connectivity index (χ4n) is 4.44. The third-order valence-corrected chi connectivity index (χ3v) is 7.67. The predicted octanol–water partition coefficient (Wildman–Crippen LogP) is 0.108. The molecule has 0 aromatic carbocycles. The largest absolute Gasteiger partial charge is 0.352 e. The van der Waals surface area contributed by atoms with Gasteiger partial charge in [-0.05, 0) is 29.5 Å². The number of nitrogens with zero attached hydrogens (tertiary/aromatic N) is 8. The van der Waals surface area contributed by atoms with Crippen LogP contribution < -0.4 is 26.8 Å². The lowest BCUT2D eigenvalue weighted by atomic mass is 9.93. The molecule has 4 aromatic heterocycles. The van der Waals surface area contributed by atoms with E-state index < -0.39 is 5.91 Å². The summed E-state index contributed by atoms with van der Waals surface area (Å²) in [7, 11) is 0. The number of hydrogen-bond donors (Lipinski definition) is 4. The molecule has 0 radical (unpaired) electrons. The van der Waals surface area contributed by atoms with Gasteiger partial charge in [0.1, 0.15) is 11.5 Å². The van der Waals surface area contributed by atoms with Crippen molar-refractivity contribution in [1.29, 1.82) is 0 Å². The van der Waals surface area contributed by atoms with E-state index in [4.69, 9.17) is 10.7 Å². The molecule has 16 nitrogen and oxygen atoms in total. The van der Waals surface area contributed by atoms with Crippen LogP contribution in [0.1, 0.15) is 48.2 Å². The topological polar surface area (TPSA) is 209 Å². The molecule has 1 aliphatic rings. The van der Waals surface area contributed by atoms with Crippen LogP contribution >= 0.6 is 11.3 Å². The van der Waals surface area contributed by atoms with Gasteiger partial charge in [0.05, 0.1) is 24.3 Å². The lowest BCUT2D eigenvalue weighted by Gasteiger charge is -2.36. The summed E-state index contributed by atoms with van der Waals surface area (Å²) >= 11 is 1.34. The first-order chi connectivity index (χ1) is 21.0. The van der Waals surface area contributed by atoms with E-state index in [1.807, 2.05) is 31.1 Å². The van der Waals surface area contributed by atoms with Crippen LogP contribution in [0.2, 0.25) is 0 Å². The van der Waals surface area contributed by atoms with Gasteiger partial charge in [-0.15, -0.1) is 21.5 Å². The van der Waals surface area contributed by atoms with E-state index in [9.17, 15) is 19.2 Å². The molecule has 230 valence electrons. The first-order valence-corrected chi connectivity index (χ1v) is 14.7. The van der Waals surface area contributed by atoms with E-state index in [1.165, 1.54) is 21.9 Å². The summed E-state index contributed by atoms with van der Waals surface area (Å²) in [5, 5.41) is 21.4. The third kappa shape index (κ3) is 6.78. The summed E-state index contributed by atoms with van der Waals surface area (Å²) in [6.45, 7) is 7.24. The van der Waals surface area contributed by atoms with Gasteiger partial charge in [0.25, 0.3) is 11.5 Å². The van der Waals surface area contributed by atoms with Crippen molar-refractivity contribution in [2.24, 2.45) is 5.73 Å². The fourth-order valence-corrected chi connectivity index (χ4v) is 5.37. The van der Waals surface area contributed by atoms with Crippen LogP contribution in [0.4, 0.5) is 10.9 Å². The summed E-state index contributed by atoms with van der Waals surface area (Å²) in [6.07, 6.45) is 4.61. The molecular weight excluding hydrogens is 588 g/mol. The Kier molecular flexibility index (Phi) is 8.77. The lowest BCUT2D eigenvalue weighted by Crippen LogP contribution is -2.52. The van der Waals surface area contributed by atoms with E-state index in [1.54, 1.807) is 29.2 Å². The van der Waals surface area contributed by atoms with E-state index >= 15 is 0 Å². The van der Waals surface area contributed by atoms with E-state index in [0.29, 0.717) is 42.7 Å². The van der Waals surface area contributed by atoms with Gasteiger partial charge >= 0.3 is 0 Å². The number of nitrogens with two attached hydrogens (primary N) is 1.